The summed E-state index contributed by atoms with van der Waals surface area (Å²) in [5.74, 6) is 1.36. The number of nitrogens with zero attached hydrogens (tertiary/aromatic N) is 1. The molecule has 1 aromatic rings. The molecule has 1 fully saturated rings. The van der Waals surface area contributed by atoms with E-state index in [9.17, 15) is 4.79 Å². The van der Waals surface area contributed by atoms with Crippen LogP contribution in [0.2, 0.25) is 0 Å². The minimum Gasteiger partial charge on any atom is -0.497 e. The lowest BCUT2D eigenvalue weighted by atomic mass is 10.2. The van der Waals surface area contributed by atoms with Crippen LogP contribution in [0.4, 0.5) is 0 Å². The van der Waals surface area contributed by atoms with Gasteiger partial charge in [0.1, 0.15) is 11.5 Å². The molecule has 2 rings (SSSR count). The smallest absolute Gasteiger partial charge is 0.260 e. The summed E-state index contributed by atoms with van der Waals surface area (Å²) in [6.07, 6.45) is 1.86. The Morgan fingerprint density at radius 3 is 2.68 bits per heavy atom. The number of likely N-dealkylation sites (tertiary alicyclic amines) is 1. The Balaban J connectivity index is 1.78. The summed E-state index contributed by atoms with van der Waals surface area (Å²) in [7, 11) is 1.62. The van der Waals surface area contributed by atoms with Crippen molar-refractivity contribution >= 4 is 5.91 Å². The first-order valence-electron chi connectivity index (χ1n) is 7.96. The SMILES string of the molecule is CCN1CCCC1CNC(=O)C(C)Oc1ccc(OC)cc1. The highest BCUT2D eigenvalue weighted by Gasteiger charge is 2.24. The molecule has 0 aromatic heterocycles. The molecular weight excluding hydrogens is 280 g/mol. The second kappa shape index (κ2) is 8.03. The molecule has 5 heteroatoms. The van der Waals surface area contributed by atoms with Gasteiger partial charge < -0.3 is 14.8 Å². The first-order valence-corrected chi connectivity index (χ1v) is 7.96. The number of amides is 1. The Morgan fingerprint density at radius 2 is 2.05 bits per heavy atom. The quantitative estimate of drug-likeness (QED) is 0.838. The highest BCUT2D eigenvalue weighted by atomic mass is 16.5. The third-order valence-electron chi connectivity index (χ3n) is 4.16. The van der Waals surface area contributed by atoms with Crippen molar-refractivity contribution in [1.82, 2.24) is 10.2 Å². The van der Waals surface area contributed by atoms with Crippen molar-refractivity contribution in [3.63, 3.8) is 0 Å². The number of nitrogens with one attached hydrogen (secondary N) is 1. The van der Waals surface area contributed by atoms with Crippen molar-refractivity contribution in [1.29, 1.82) is 0 Å². The Hall–Kier alpha value is -1.75. The first-order chi connectivity index (χ1) is 10.6. The van der Waals surface area contributed by atoms with Crippen LogP contribution >= 0.6 is 0 Å². The molecule has 1 aliphatic heterocycles. The zero-order chi connectivity index (χ0) is 15.9. The molecule has 0 saturated carbocycles. The number of hydrogen-bond donors (Lipinski definition) is 1. The van der Waals surface area contributed by atoms with E-state index in [4.69, 9.17) is 9.47 Å². The van der Waals surface area contributed by atoms with Gasteiger partial charge in [0.2, 0.25) is 0 Å². The molecule has 2 unspecified atom stereocenters. The number of hydrogen-bond acceptors (Lipinski definition) is 4. The fourth-order valence-electron chi connectivity index (χ4n) is 2.82. The highest BCUT2D eigenvalue weighted by molar-refractivity contribution is 5.80. The van der Waals surface area contributed by atoms with Crippen LogP contribution in [-0.2, 0) is 4.79 Å². The van der Waals surface area contributed by atoms with Crippen molar-refractivity contribution in [2.75, 3.05) is 26.7 Å². The standard InChI is InChI=1S/C17H26N2O3/c1-4-19-11-5-6-14(19)12-18-17(20)13(2)22-16-9-7-15(21-3)8-10-16/h7-10,13-14H,4-6,11-12H2,1-3H3,(H,18,20). The van der Waals surface area contributed by atoms with Gasteiger partial charge in [-0.05, 0) is 57.1 Å². The van der Waals surface area contributed by atoms with Crippen LogP contribution in [0, 0.1) is 0 Å². The van der Waals surface area contributed by atoms with Gasteiger partial charge in [-0.3, -0.25) is 9.69 Å². The van der Waals surface area contributed by atoms with E-state index >= 15 is 0 Å². The van der Waals surface area contributed by atoms with Gasteiger partial charge in [0, 0.05) is 12.6 Å². The molecule has 22 heavy (non-hydrogen) atoms. The predicted octanol–water partition coefficient (Wildman–Crippen LogP) is 2.06. The third-order valence-corrected chi connectivity index (χ3v) is 4.16. The maximum absolute atomic E-state index is 12.1. The molecule has 1 aromatic carbocycles. The number of rotatable bonds is 7. The van der Waals surface area contributed by atoms with Crippen LogP contribution in [-0.4, -0.2) is 49.7 Å². The lowest BCUT2D eigenvalue weighted by Gasteiger charge is -2.23. The first kappa shape index (κ1) is 16.6. The number of benzene rings is 1. The molecule has 1 heterocycles. The summed E-state index contributed by atoms with van der Waals surface area (Å²) in [5.41, 5.74) is 0. The van der Waals surface area contributed by atoms with E-state index in [1.54, 1.807) is 26.2 Å². The van der Waals surface area contributed by atoms with Crippen molar-refractivity contribution in [3.8, 4) is 11.5 Å². The molecule has 0 bridgehead atoms. The normalized spacial score (nSPS) is 19.7. The highest BCUT2D eigenvalue weighted by Crippen LogP contribution is 2.18. The van der Waals surface area contributed by atoms with Crippen LogP contribution in [0.3, 0.4) is 0 Å². The fraction of sp³-hybridized carbons (Fsp3) is 0.588. The monoisotopic (exact) mass is 306 g/mol. The molecule has 2 atom stereocenters. The van der Waals surface area contributed by atoms with E-state index in [1.807, 2.05) is 12.1 Å². The van der Waals surface area contributed by atoms with Crippen LogP contribution < -0.4 is 14.8 Å². The van der Waals surface area contributed by atoms with Gasteiger partial charge in [0.05, 0.1) is 7.11 Å². The van der Waals surface area contributed by atoms with Crippen LogP contribution in [0.5, 0.6) is 11.5 Å². The summed E-state index contributed by atoms with van der Waals surface area (Å²) in [4.78, 5) is 14.6. The van der Waals surface area contributed by atoms with Crippen LogP contribution in [0.1, 0.15) is 26.7 Å². The number of carbonyl (C=O) groups excluding carboxylic acids is 1. The average molecular weight is 306 g/mol. The van der Waals surface area contributed by atoms with E-state index in [2.05, 4.69) is 17.1 Å². The Bertz CT molecular complexity index is 475. The summed E-state index contributed by atoms with van der Waals surface area (Å²) >= 11 is 0. The van der Waals surface area contributed by atoms with Gasteiger partial charge in [0.25, 0.3) is 5.91 Å². The Labute approximate surface area is 132 Å². The Kier molecular flexibility index (Phi) is 6.07. The number of ether oxygens (including phenoxy) is 2. The molecule has 1 amide bonds. The molecule has 0 spiro atoms. The average Bonchev–Trinajstić information content (AvgIpc) is 3.00. The fourth-order valence-corrected chi connectivity index (χ4v) is 2.82. The van der Waals surface area contributed by atoms with Gasteiger partial charge in [-0.15, -0.1) is 0 Å². The summed E-state index contributed by atoms with van der Waals surface area (Å²) in [6, 6.07) is 7.70. The van der Waals surface area contributed by atoms with Crippen molar-refractivity contribution in [2.45, 2.75) is 38.8 Å². The lowest BCUT2D eigenvalue weighted by Crippen LogP contribution is -2.44. The van der Waals surface area contributed by atoms with Crippen molar-refractivity contribution in [2.24, 2.45) is 0 Å². The van der Waals surface area contributed by atoms with E-state index < -0.39 is 6.10 Å². The van der Waals surface area contributed by atoms with Crippen molar-refractivity contribution < 1.29 is 14.3 Å². The zero-order valence-electron chi connectivity index (χ0n) is 13.7. The summed E-state index contributed by atoms with van der Waals surface area (Å²) in [5, 5.41) is 3.00. The van der Waals surface area contributed by atoms with Gasteiger partial charge >= 0.3 is 0 Å². The maximum Gasteiger partial charge on any atom is 0.260 e. The van der Waals surface area contributed by atoms with Gasteiger partial charge in [-0.25, -0.2) is 0 Å². The topological polar surface area (TPSA) is 50.8 Å². The van der Waals surface area contributed by atoms with E-state index in [0.29, 0.717) is 18.3 Å². The summed E-state index contributed by atoms with van der Waals surface area (Å²) < 4.78 is 10.8. The van der Waals surface area contributed by atoms with Gasteiger partial charge in [0.15, 0.2) is 6.10 Å². The predicted molar refractivity (Wildman–Crippen MR) is 86.4 cm³/mol. The zero-order valence-corrected chi connectivity index (χ0v) is 13.7. The van der Waals surface area contributed by atoms with Crippen LogP contribution in [0.25, 0.3) is 0 Å². The molecule has 0 radical (unpaired) electrons. The minimum absolute atomic E-state index is 0.0706. The van der Waals surface area contributed by atoms with Gasteiger partial charge in [-0.1, -0.05) is 6.92 Å². The lowest BCUT2D eigenvalue weighted by molar-refractivity contribution is -0.127. The van der Waals surface area contributed by atoms with Crippen molar-refractivity contribution in [3.05, 3.63) is 24.3 Å². The number of carbonyl (C=O) groups is 1. The maximum atomic E-state index is 12.1. The second-order valence-electron chi connectivity index (χ2n) is 5.61. The van der Waals surface area contributed by atoms with E-state index in [0.717, 1.165) is 25.3 Å². The minimum atomic E-state index is -0.509. The molecule has 0 aliphatic carbocycles. The van der Waals surface area contributed by atoms with E-state index in [-0.39, 0.29) is 5.91 Å². The molecule has 122 valence electrons. The Morgan fingerprint density at radius 1 is 1.36 bits per heavy atom. The third kappa shape index (κ3) is 4.37. The second-order valence-corrected chi connectivity index (χ2v) is 5.61. The number of likely N-dealkylation sites (N-methyl/N-ethyl adjacent to an activating group) is 1. The van der Waals surface area contributed by atoms with Gasteiger partial charge in [-0.2, -0.15) is 0 Å². The van der Waals surface area contributed by atoms with E-state index in [1.165, 1.54) is 6.42 Å². The molecule has 5 nitrogen and oxygen atoms in total. The molecule has 1 N–H and O–H groups in total. The molecule has 1 saturated heterocycles. The molecule has 1 aliphatic rings. The largest absolute Gasteiger partial charge is 0.497 e. The summed E-state index contributed by atoms with van der Waals surface area (Å²) in [6.45, 7) is 6.80. The van der Waals surface area contributed by atoms with Crippen LogP contribution in [0.15, 0.2) is 24.3 Å². The number of methoxy groups -OCH3 is 1. The molecular formula is C17H26N2O3.